The minimum absolute atomic E-state index is 0.226. The van der Waals surface area contributed by atoms with Crippen molar-refractivity contribution in [3.8, 4) is 0 Å². The van der Waals surface area contributed by atoms with E-state index in [1.54, 1.807) is 0 Å². The van der Waals surface area contributed by atoms with E-state index in [1.807, 2.05) is 6.07 Å². The van der Waals surface area contributed by atoms with E-state index in [9.17, 15) is 4.79 Å². The number of carbonyl (C=O) groups is 1. The highest BCUT2D eigenvalue weighted by Gasteiger charge is 2.17. The third-order valence-electron chi connectivity index (χ3n) is 3.41. The van der Waals surface area contributed by atoms with Crippen LogP contribution in [-0.2, 0) is 11.3 Å². The Labute approximate surface area is 107 Å². The first kappa shape index (κ1) is 13.1. The largest absolute Gasteiger partial charge is 0.481 e. The molecule has 2 N–H and O–H groups in total. The molecule has 0 aliphatic heterocycles. The predicted octanol–water partition coefficient (Wildman–Crippen LogP) is 1.95. The summed E-state index contributed by atoms with van der Waals surface area (Å²) in [7, 11) is 0. The maximum absolute atomic E-state index is 10.3. The van der Waals surface area contributed by atoms with Gasteiger partial charge in [-0.2, -0.15) is 5.10 Å². The maximum atomic E-state index is 10.3. The lowest BCUT2D eigenvalue weighted by Crippen LogP contribution is -2.16. The Hall–Kier alpha value is -1.36. The summed E-state index contributed by atoms with van der Waals surface area (Å²) in [6, 6.07) is 2.63. The molecule has 1 heterocycles. The molecule has 0 saturated heterocycles. The van der Waals surface area contributed by atoms with Gasteiger partial charge in [-0.3, -0.25) is 9.48 Å². The lowest BCUT2D eigenvalue weighted by atomic mass is 10.3. The number of hydrogen-bond donors (Lipinski definition) is 2. The fraction of sp³-hybridized carbons (Fsp3) is 0.692. The Morgan fingerprint density at radius 2 is 2.28 bits per heavy atom. The zero-order valence-corrected chi connectivity index (χ0v) is 10.6. The lowest BCUT2D eigenvalue weighted by molar-refractivity contribution is -0.137. The molecule has 0 spiro atoms. The van der Waals surface area contributed by atoms with Crippen LogP contribution in [0.4, 0.5) is 0 Å². The quantitative estimate of drug-likeness (QED) is 0.727. The van der Waals surface area contributed by atoms with Gasteiger partial charge in [0.2, 0.25) is 0 Å². The van der Waals surface area contributed by atoms with Crippen LogP contribution in [0.1, 0.15) is 50.3 Å². The number of nitrogens with zero attached hydrogens (tertiary/aromatic N) is 2. The summed E-state index contributed by atoms with van der Waals surface area (Å²) in [4.78, 5) is 10.3. The van der Waals surface area contributed by atoms with E-state index in [0.717, 1.165) is 18.8 Å². The van der Waals surface area contributed by atoms with Crippen molar-refractivity contribution < 1.29 is 9.90 Å². The van der Waals surface area contributed by atoms with Gasteiger partial charge in [-0.25, -0.2) is 0 Å². The molecule has 1 aliphatic rings. The van der Waals surface area contributed by atoms with Crippen molar-refractivity contribution in [2.24, 2.45) is 0 Å². The Balaban J connectivity index is 1.68. The van der Waals surface area contributed by atoms with E-state index < -0.39 is 5.97 Å². The van der Waals surface area contributed by atoms with Crippen LogP contribution in [0.25, 0.3) is 0 Å². The highest BCUT2D eigenvalue weighted by atomic mass is 16.4. The van der Waals surface area contributed by atoms with E-state index in [1.165, 1.54) is 25.7 Å². The molecular formula is C13H21N3O2. The average molecular weight is 251 g/mol. The third kappa shape index (κ3) is 3.84. The van der Waals surface area contributed by atoms with Crippen LogP contribution >= 0.6 is 0 Å². The number of hydrogen-bond acceptors (Lipinski definition) is 3. The number of aromatic nitrogens is 2. The molecule has 0 atom stereocenters. The molecule has 18 heavy (non-hydrogen) atoms. The van der Waals surface area contributed by atoms with Gasteiger partial charge in [0.1, 0.15) is 0 Å². The Bertz CT molecular complexity index is 383. The molecule has 0 amide bonds. The molecule has 1 fully saturated rings. The molecular weight excluding hydrogens is 230 g/mol. The van der Waals surface area contributed by atoms with Crippen LogP contribution in [0.15, 0.2) is 12.3 Å². The Kier molecular flexibility index (Phi) is 4.75. The van der Waals surface area contributed by atoms with Crippen molar-refractivity contribution >= 4 is 5.97 Å². The molecule has 1 saturated carbocycles. The zero-order chi connectivity index (χ0) is 12.8. The molecule has 1 aromatic rings. The predicted molar refractivity (Wildman–Crippen MR) is 68.3 cm³/mol. The number of carboxylic acid groups (broad SMARTS) is 1. The zero-order valence-electron chi connectivity index (χ0n) is 10.6. The van der Waals surface area contributed by atoms with Gasteiger partial charge in [0.05, 0.1) is 11.7 Å². The molecule has 1 aromatic heterocycles. The van der Waals surface area contributed by atoms with Crippen molar-refractivity contribution in [1.82, 2.24) is 15.1 Å². The first-order valence-electron chi connectivity index (χ1n) is 6.72. The van der Waals surface area contributed by atoms with Gasteiger partial charge in [0.15, 0.2) is 0 Å². The first-order chi connectivity index (χ1) is 8.75. The van der Waals surface area contributed by atoms with Crippen LogP contribution in [0.5, 0.6) is 0 Å². The van der Waals surface area contributed by atoms with Crippen molar-refractivity contribution in [3.05, 3.63) is 18.0 Å². The molecule has 0 unspecified atom stereocenters. The first-order valence-corrected chi connectivity index (χ1v) is 6.72. The second-order valence-corrected chi connectivity index (χ2v) is 4.90. The van der Waals surface area contributed by atoms with Gasteiger partial charge in [-0.15, -0.1) is 0 Å². The summed E-state index contributed by atoms with van der Waals surface area (Å²) in [5, 5.41) is 16.3. The van der Waals surface area contributed by atoms with Gasteiger partial charge in [-0.1, -0.05) is 12.8 Å². The summed E-state index contributed by atoms with van der Waals surface area (Å²) >= 11 is 0. The van der Waals surface area contributed by atoms with Crippen molar-refractivity contribution in [1.29, 1.82) is 0 Å². The number of carboxylic acids is 1. The second-order valence-electron chi connectivity index (χ2n) is 4.90. The fourth-order valence-corrected chi connectivity index (χ4v) is 2.42. The molecule has 0 bridgehead atoms. The van der Waals surface area contributed by atoms with Gasteiger partial charge in [-0.05, 0) is 31.9 Å². The normalized spacial score (nSPS) is 16.2. The molecule has 1 aliphatic carbocycles. The summed E-state index contributed by atoms with van der Waals surface area (Å²) in [6.07, 6.45) is 8.06. The van der Waals surface area contributed by atoms with E-state index in [2.05, 4.69) is 21.3 Å². The van der Waals surface area contributed by atoms with E-state index in [4.69, 9.17) is 5.11 Å². The van der Waals surface area contributed by atoms with Crippen LogP contribution in [-0.4, -0.2) is 27.4 Å². The maximum Gasteiger partial charge on any atom is 0.303 e. The summed E-state index contributed by atoms with van der Waals surface area (Å²) in [6.45, 7) is 1.45. The van der Waals surface area contributed by atoms with Gasteiger partial charge in [0.25, 0.3) is 0 Å². The topological polar surface area (TPSA) is 67.2 Å². The standard InChI is InChI=1S/C13H21N3O2/c17-13(18)6-3-8-14-10-11-7-9-16(15-11)12-4-1-2-5-12/h7,9,12,14H,1-6,8,10H2,(H,17,18). The Morgan fingerprint density at radius 3 is 3.00 bits per heavy atom. The van der Waals surface area contributed by atoms with Crippen molar-refractivity contribution in [2.45, 2.75) is 51.1 Å². The summed E-state index contributed by atoms with van der Waals surface area (Å²) in [5.41, 5.74) is 1.04. The van der Waals surface area contributed by atoms with Crippen molar-refractivity contribution in [2.75, 3.05) is 6.54 Å². The fourth-order valence-electron chi connectivity index (χ4n) is 2.42. The molecule has 100 valence electrons. The number of rotatable bonds is 7. The highest BCUT2D eigenvalue weighted by molar-refractivity contribution is 5.66. The SMILES string of the molecule is O=C(O)CCCNCc1ccn(C2CCCC2)n1. The molecule has 2 rings (SSSR count). The van der Waals surface area contributed by atoms with E-state index in [0.29, 0.717) is 12.5 Å². The number of nitrogens with one attached hydrogen (secondary N) is 1. The smallest absolute Gasteiger partial charge is 0.303 e. The summed E-state index contributed by atoms with van der Waals surface area (Å²) in [5.74, 6) is -0.734. The van der Waals surface area contributed by atoms with Gasteiger partial charge < -0.3 is 10.4 Å². The van der Waals surface area contributed by atoms with E-state index >= 15 is 0 Å². The molecule has 0 radical (unpaired) electrons. The number of aliphatic carboxylic acids is 1. The summed E-state index contributed by atoms with van der Waals surface area (Å²) < 4.78 is 2.08. The molecule has 0 aromatic carbocycles. The molecule has 5 heteroatoms. The second kappa shape index (κ2) is 6.54. The van der Waals surface area contributed by atoms with E-state index in [-0.39, 0.29) is 6.42 Å². The van der Waals surface area contributed by atoms with Crippen molar-refractivity contribution in [3.63, 3.8) is 0 Å². The van der Waals surface area contributed by atoms with Crippen LogP contribution in [0.2, 0.25) is 0 Å². The average Bonchev–Trinajstić information content (AvgIpc) is 2.98. The van der Waals surface area contributed by atoms with Gasteiger partial charge in [0, 0.05) is 19.2 Å². The monoisotopic (exact) mass is 251 g/mol. The minimum Gasteiger partial charge on any atom is -0.481 e. The third-order valence-corrected chi connectivity index (χ3v) is 3.41. The highest BCUT2D eigenvalue weighted by Crippen LogP contribution is 2.28. The van der Waals surface area contributed by atoms with Gasteiger partial charge >= 0.3 is 5.97 Å². The van der Waals surface area contributed by atoms with Crippen LogP contribution in [0.3, 0.4) is 0 Å². The molecule has 5 nitrogen and oxygen atoms in total. The lowest BCUT2D eigenvalue weighted by Gasteiger charge is -2.08. The van der Waals surface area contributed by atoms with Crippen LogP contribution in [0, 0.1) is 0 Å². The Morgan fingerprint density at radius 1 is 1.50 bits per heavy atom. The minimum atomic E-state index is -0.734. The van der Waals surface area contributed by atoms with Crippen LogP contribution < -0.4 is 5.32 Å².